The SMILES string of the molecule is C=CC(CC(C)C)c1ccc(OC(C)OC2CCCCC2)cc1. The Morgan fingerprint density at radius 3 is 2.30 bits per heavy atom. The van der Waals surface area contributed by atoms with Crippen LogP contribution in [0.1, 0.15) is 70.8 Å². The topological polar surface area (TPSA) is 18.5 Å². The van der Waals surface area contributed by atoms with E-state index in [1.54, 1.807) is 0 Å². The molecular weight excluding hydrogens is 284 g/mol. The molecule has 0 spiro atoms. The van der Waals surface area contributed by atoms with Crippen molar-refractivity contribution in [3.63, 3.8) is 0 Å². The van der Waals surface area contributed by atoms with Gasteiger partial charge in [0.2, 0.25) is 0 Å². The highest BCUT2D eigenvalue weighted by Crippen LogP contribution is 2.27. The molecule has 2 nitrogen and oxygen atoms in total. The molecule has 23 heavy (non-hydrogen) atoms. The summed E-state index contributed by atoms with van der Waals surface area (Å²) in [7, 11) is 0. The summed E-state index contributed by atoms with van der Waals surface area (Å²) in [5.41, 5.74) is 1.31. The van der Waals surface area contributed by atoms with Gasteiger partial charge in [-0.3, -0.25) is 0 Å². The van der Waals surface area contributed by atoms with Gasteiger partial charge in [0.05, 0.1) is 6.10 Å². The summed E-state index contributed by atoms with van der Waals surface area (Å²) in [5.74, 6) is 1.96. The molecule has 0 aliphatic heterocycles. The maximum atomic E-state index is 6.01. The number of ether oxygens (including phenoxy) is 2. The summed E-state index contributed by atoms with van der Waals surface area (Å²) in [6.07, 6.45) is 9.61. The van der Waals surface area contributed by atoms with Crippen LogP contribution in [0.15, 0.2) is 36.9 Å². The van der Waals surface area contributed by atoms with Crippen molar-refractivity contribution in [2.75, 3.05) is 0 Å². The standard InChI is InChI=1S/C21H32O2/c1-5-18(15-16(2)3)19-11-13-21(14-12-19)23-17(4)22-20-9-7-6-8-10-20/h5,11-14,16-18,20H,1,6-10,15H2,2-4H3. The Kier molecular flexibility index (Phi) is 7.16. The first-order valence-electron chi connectivity index (χ1n) is 9.13. The molecule has 0 amide bonds. The van der Waals surface area contributed by atoms with Crippen molar-refractivity contribution in [3.05, 3.63) is 42.5 Å². The maximum Gasteiger partial charge on any atom is 0.197 e. The Morgan fingerprint density at radius 1 is 1.09 bits per heavy atom. The lowest BCUT2D eigenvalue weighted by Crippen LogP contribution is -2.26. The predicted octanol–water partition coefficient (Wildman–Crippen LogP) is 6.08. The Bertz CT molecular complexity index is 457. The van der Waals surface area contributed by atoms with Crippen LogP contribution in [-0.2, 0) is 4.74 Å². The van der Waals surface area contributed by atoms with E-state index in [0.29, 0.717) is 17.9 Å². The van der Waals surface area contributed by atoms with Gasteiger partial charge in [-0.05, 0) is 49.8 Å². The predicted molar refractivity (Wildman–Crippen MR) is 96.9 cm³/mol. The summed E-state index contributed by atoms with van der Waals surface area (Å²) in [6, 6.07) is 8.40. The molecule has 2 unspecified atom stereocenters. The fourth-order valence-corrected chi connectivity index (χ4v) is 3.36. The first-order valence-corrected chi connectivity index (χ1v) is 9.13. The van der Waals surface area contributed by atoms with Crippen molar-refractivity contribution in [2.45, 2.75) is 77.6 Å². The molecule has 2 heteroatoms. The van der Waals surface area contributed by atoms with Crippen LogP contribution < -0.4 is 4.74 Å². The summed E-state index contributed by atoms with van der Waals surface area (Å²) < 4.78 is 11.9. The third kappa shape index (κ3) is 6.02. The van der Waals surface area contributed by atoms with E-state index in [2.05, 4.69) is 32.6 Å². The lowest BCUT2D eigenvalue weighted by molar-refractivity contribution is -0.116. The molecule has 0 heterocycles. The van der Waals surface area contributed by atoms with Gasteiger partial charge in [-0.25, -0.2) is 0 Å². The Hall–Kier alpha value is -1.28. The van der Waals surface area contributed by atoms with Gasteiger partial charge in [-0.15, -0.1) is 6.58 Å². The van der Waals surface area contributed by atoms with Crippen LogP contribution in [0.4, 0.5) is 0 Å². The van der Waals surface area contributed by atoms with Crippen LogP contribution in [0.5, 0.6) is 5.75 Å². The second-order valence-electron chi connectivity index (χ2n) is 7.12. The molecule has 1 saturated carbocycles. The van der Waals surface area contributed by atoms with E-state index < -0.39 is 0 Å². The number of rotatable bonds is 8. The van der Waals surface area contributed by atoms with E-state index >= 15 is 0 Å². The second-order valence-corrected chi connectivity index (χ2v) is 7.12. The van der Waals surface area contributed by atoms with Crippen LogP contribution in [0.3, 0.4) is 0 Å². The molecular formula is C21H32O2. The minimum atomic E-state index is -0.185. The van der Waals surface area contributed by atoms with Gasteiger partial charge >= 0.3 is 0 Å². The molecule has 2 atom stereocenters. The highest BCUT2D eigenvalue weighted by molar-refractivity contribution is 5.31. The molecule has 1 aliphatic rings. The van der Waals surface area contributed by atoms with E-state index in [1.807, 2.05) is 25.1 Å². The molecule has 128 valence electrons. The minimum Gasteiger partial charge on any atom is -0.465 e. The molecule has 1 fully saturated rings. The highest BCUT2D eigenvalue weighted by atomic mass is 16.7. The van der Waals surface area contributed by atoms with Gasteiger partial charge in [0.1, 0.15) is 5.75 Å². The molecule has 1 aliphatic carbocycles. The first-order chi connectivity index (χ1) is 11.1. The van der Waals surface area contributed by atoms with Gasteiger partial charge in [-0.2, -0.15) is 0 Å². The van der Waals surface area contributed by atoms with E-state index in [4.69, 9.17) is 9.47 Å². The summed E-state index contributed by atoms with van der Waals surface area (Å²) in [4.78, 5) is 0. The summed E-state index contributed by atoms with van der Waals surface area (Å²) in [6.45, 7) is 10.5. The molecule has 1 aromatic carbocycles. The molecule has 0 aromatic heterocycles. The van der Waals surface area contributed by atoms with Crippen molar-refractivity contribution in [2.24, 2.45) is 5.92 Å². The number of hydrogen-bond acceptors (Lipinski definition) is 2. The molecule has 2 rings (SSSR count). The van der Waals surface area contributed by atoms with Crippen LogP contribution in [0.2, 0.25) is 0 Å². The molecule has 0 N–H and O–H groups in total. The zero-order chi connectivity index (χ0) is 16.7. The molecule has 0 saturated heterocycles. The van der Waals surface area contributed by atoms with Crippen molar-refractivity contribution in [1.82, 2.24) is 0 Å². The van der Waals surface area contributed by atoms with Crippen molar-refractivity contribution in [3.8, 4) is 5.75 Å². The average Bonchev–Trinajstić information content (AvgIpc) is 2.54. The van der Waals surface area contributed by atoms with Crippen molar-refractivity contribution >= 4 is 0 Å². The normalized spacial score (nSPS) is 18.6. The van der Waals surface area contributed by atoms with E-state index in [1.165, 1.54) is 37.7 Å². The maximum absolute atomic E-state index is 6.01. The highest BCUT2D eigenvalue weighted by Gasteiger charge is 2.17. The van der Waals surface area contributed by atoms with E-state index in [0.717, 1.165) is 12.2 Å². The fourth-order valence-electron chi connectivity index (χ4n) is 3.36. The number of benzene rings is 1. The first kappa shape index (κ1) is 18.1. The Balaban J connectivity index is 1.87. The van der Waals surface area contributed by atoms with Gasteiger partial charge in [0, 0.05) is 5.92 Å². The van der Waals surface area contributed by atoms with Gasteiger partial charge in [0.25, 0.3) is 0 Å². The van der Waals surface area contributed by atoms with Crippen molar-refractivity contribution in [1.29, 1.82) is 0 Å². The zero-order valence-electron chi connectivity index (χ0n) is 15.0. The Morgan fingerprint density at radius 2 is 1.74 bits per heavy atom. The van der Waals surface area contributed by atoms with Crippen LogP contribution in [0.25, 0.3) is 0 Å². The summed E-state index contributed by atoms with van der Waals surface area (Å²) >= 11 is 0. The second kappa shape index (κ2) is 9.12. The van der Waals surface area contributed by atoms with Crippen LogP contribution >= 0.6 is 0 Å². The Labute approximate surface area is 141 Å². The largest absolute Gasteiger partial charge is 0.465 e. The number of allylic oxidation sites excluding steroid dienone is 1. The zero-order valence-corrected chi connectivity index (χ0v) is 15.0. The van der Waals surface area contributed by atoms with Crippen LogP contribution in [0, 0.1) is 5.92 Å². The van der Waals surface area contributed by atoms with Gasteiger partial charge in [0.15, 0.2) is 6.29 Å². The monoisotopic (exact) mass is 316 g/mol. The smallest absolute Gasteiger partial charge is 0.197 e. The quantitative estimate of drug-likeness (QED) is 0.427. The average molecular weight is 316 g/mol. The van der Waals surface area contributed by atoms with Crippen molar-refractivity contribution < 1.29 is 9.47 Å². The van der Waals surface area contributed by atoms with Crippen LogP contribution in [-0.4, -0.2) is 12.4 Å². The third-order valence-corrected chi connectivity index (χ3v) is 4.56. The van der Waals surface area contributed by atoms with Gasteiger partial charge in [-0.1, -0.05) is 51.3 Å². The fraction of sp³-hybridized carbons (Fsp3) is 0.619. The lowest BCUT2D eigenvalue weighted by atomic mass is 9.90. The number of hydrogen-bond donors (Lipinski definition) is 0. The van der Waals surface area contributed by atoms with Gasteiger partial charge < -0.3 is 9.47 Å². The summed E-state index contributed by atoms with van der Waals surface area (Å²) in [5, 5.41) is 0. The molecule has 0 bridgehead atoms. The lowest BCUT2D eigenvalue weighted by Gasteiger charge is -2.26. The molecule has 1 aromatic rings. The third-order valence-electron chi connectivity index (χ3n) is 4.56. The minimum absolute atomic E-state index is 0.185. The molecule has 0 radical (unpaired) electrons. The van der Waals surface area contributed by atoms with E-state index in [-0.39, 0.29) is 6.29 Å². The van der Waals surface area contributed by atoms with E-state index in [9.17, 15) is 0 Å².